The molecule has 2 N–H and O–H groups in total. The molecule has 2 aliphatic heterocycles. The fourth-order valence-corrected chi connectivity index (χ4v) is 4.24. The van der Waals surface area contributed by atoms with Crippen molar-refractivity contribution in [2.45, 2.75) is 44.4 Å². The molecule has 4 heterocycles. The van der Waals surface area contributed by atoms with Crippen LogP contribution in [0.3, 0.4) is 0 Å². The van der Waals surface area contributed by atoms with Gasteiger partial charge < -0.3 is 20.3 Å². The monoisotopic (exact) mass is 387 g/mol. The van der Waals surface area contributed by atoms with Gasteiger partial charge in [0, 0.05) is 57.8 Å². The number of rotatable bonds is 4. The highest BCUT2D eigenvalue weighted by Crippen LogP contribution is 2.30. The SMILES string of the molecule is Cc1nn(C)cc1[C@@H]1OCC[C@H]1NC(=O)NC1CCCN(c2cnn(C)c2)C1. The zero-order valence-electron chi connectivity index (χ0n) is 16.8. The van der Waals surface area contributed by atoms with Crippen LogP contribution in [0.25, 0.3) is 0 Å². The quantitative estimate of drug-likeness (QED) is 0.825. The number of piperidine rings is 1. The van der Waals surface area contributed by atoms with Crippen LogP contribution in [0.15, 0.2) is 18.6 Å². The molecule has 2 amide bonds. The molecule has 2 aromatic rings. The van der Waals surface area contributed by atoms with Crippen LogP contribution < -0.4 is 15.5 Å². The lowest BCUT2D eigenvalue weighted by molar-refractivity contribution is 0.0992. The fourth-order valence-electron chi connectivity index (χ4n) is 4.24. The van der Waals surface area contributed by atoms with Crippen molar-refractivity contribution < 1.29 is 9.53 Å². The minimum absolute atomic E-state index is 0.0408. The summed E-state index contributed by atoms with van der Waals surface area (Å²) in [7, 11) is 3.82. The van der Waals surface area contributed by atoms with E-state index in [1.807, 2.05) is 39.6 Å². The number of nitrogens with zero attached hydrogens (tertiary/aromatic N) is 5. The standard InChI is InChI=1S/C19H29N7O2/c1-13-16(12-25(3)23-13)18-17(6-8-28-18)22-19(27)21-14-5-4-7-26(10-14)15-9-20-24(2)11-15/h9,11-12,14,17-18H,4-8,10H2,1-3H3,(H2,21,22,27)/t14?,17-,18+/m1/s1. The third kappa shape index (κ3) is 3.99. The van der Waals surface area contributed by atoms with E-state index in [2.05, 4.69) is 25.7 Å². The van der Waals surface area contributed by atoms with Crippen LogP contribution in [0.1, 0.15) is 36.6 Å². The number of ether oxygens (including phenoxy) is 1. The predicted molar refractivity (Wildman–Crippen MR) is 105 cm³/mol. The second kappa shape index (κ2) is 7.83. The van der Waals surface area contributed by atoms with Crippen molar-refractivity contribution in [1.29, 1.82) is 0 Å². The van der Waals surface area contributed by atoms with E-state index in [-0.39, 0.29) is 24.2 Å². The minimum atomic E-state index is -0.141. The van der Waals surface area contributed by atoms with Crippen LogP contribution in [-0.2, 0) is 18.8 Å². The molecule has 9 heteroatoms. The first-order chi connectivity index (χ1) is 13.5. The summed E-state index contributed by atoms with van der Waals surface area (Å²) >= 11 is 0. The molecule has 2 fully saturated rings. The molecule has 3 atom stereocenters. The Morgan fingerprint density at radius 1 is 1.21 bits per heavy atom. The lowest BCUT2D eigenvalue weighted by Crippen LogP contribution is -2.52. The van der Waals surface area contributed by atoms with Crippen molar-refractivity contribution in [3.05, 3.63) is 29.8 Å². The van der Waals surface area contributed by atoms with Gasteiger partial charge in [0.25, 0.3) is 0 Å². The second-order valence-electron chi connectivity index (χ2n) is 7.81. The molecule has 9 nitrogen and oxygen atoms in total. The van der Waals surface area contributed by atoms with E-state index in [9.17, 15) is 4.79 Å². The van der Waals surface area contributed by atoms with E-state index in [4.69, 9.17) is 4.74 Å². The van der Waals surface area contributed by atoms with Gasteiger partial charge >= 0.3 is 6.03 Å². The first-order valence-corrected chi connectivity index (χ1v) is 9.92. The van der Waals surface area contributed by atoms with Crippen LogP contribution in [-0.4, -0.2) is 57.4 Å². The van der Waals surface area contributed by atoms with Crippen LogP contribution in [0, 0.1) is 6.92 Å². The number of aryl methyl sites for hydroxylation is 3. The molecule has 2 saturated heterocycles. The van der Waals surface area contributed by atoms with Gasteiger partial charge in [-0.3, -0.25) is 9.36 Å². The highest BCUT2D eigenvalue weighted by Gasteiger charge is 2.33. The molecule has 4 rings (SSSR count). The van der Waals surface area contributed by atoms with Crippen molar-refractivity contribution >= 4 is 11.7 Å². The maximum Gasteiger partial charge on any atom is 0.315 e. The molecule has 2 aromatic heterocycles. The van der Waals surface area contributed by atoms with Gasteiger partial charge in [-0.2, -0.15) is 10.2 Å². The second-order valence-corrected chi connectivity index (χ2v) is 7.81. The maximum absolute atomic E-state index is 12.6. The van der Waals surface area contributed by atoms with Gasteiger partial charge in [0.15, 0.2) is 0 Å². The van der Waals surface area contributed by atoms with E-state index in [1.165, 1.54) is 0 Å². The van der Waals surface area contributed by atoms with Gasteiger partial charge in [-0.1, -0.05) is 0 Å². The zero-order chi connectivity index (χ0) is 19.7. The van der Waals surface area contributed by atoms with Gasteiger partial charge in [-0.05, 0) is 26.2 Å². The molecule has 1 unspecified atom stereocenters. The molecule has 28 heavy (non-hydrogen) atoms. The Bertz CT molecular complexity index is 830. The molecule has 0 bridgehead atoms. The summed E-state index contributed by atoms with van der Waals surface area (Å²) < 4.78 is 9.50. The zero-order valence-corrected chi connectivity index (χ0v) is 16.8. The fraction of sp³-hybridized carbons (Fsp3) is 0.632. The Labute approximate surface area is 165 Å². The minimum Gasteiger partial charge on any atom is -0.371 e. The number of hydrogen-bond donors (Lipinski definition) is 2. The van der Waals surface area contributed by atoms with Crippen molar-refractivity contribution in [2.75, 3.05) is 24.6 Å². The molecule has 0 radical (unpaired) electrons. The summed E-state index contributed by atoms with van der Waals surface area (Å²) in [5.41, 5.74) is 3.09. The molecule has 0 aromatic carbocycles. The molecule has 2 aliphatic rings. The van der Waals surface area contributed by atoms with Crippen LogP contribution in [0.4, 0.5) is 10.5 Å². The van der Waals surface area contributed by atoms with Gasteiger partial charge in [0.05, 0.1) is 23.6 Å². The maximum atomic E-state index is 12.6. The topological polar surface area (TPSA) is 89.2 Å². The number of carbonyl (C=O) groups excluding carboxylic acids is 1. The number of aromatic nitrogens is 4. The third-order valence-electron chi connectivity index (χ3n) is 5.58. The van der Waals surface area contributed by atoms with E-state index in [1.54, 1.807) is 9.36 Å². The van der Waals surface area contributed by atoms with Crippen LogP contribution in [0.5, 0.6) is 0 Å². The lowest BCUT2D eigenvalue weighted by atomic mass is 10.0. The summed E-state index contributed by atoms with van der Waals surface area (Å²) in [6, 6.07) is -0.0455. The summed E-state index contributed by atoms with van der Waals surface area (Å²) in [5.74, 6) is 0. The van der Waals surface area contributed by atoms with E-state index < -0.39 is 0 Å². The van der Waals surface area contributed by atoms with Crippen molar-refractivity contribution in [3.63, 3.8) is 0 Å². The number of amides is 2. The summed E-state index contributed by atoms with van der Waals surface area (Å²) in [6.45, 7) is 4.40. The number of urea groups is 1. The Balaban J connectivity index is 1.34. The smallest absolute Gasteiger partial charge is 0.315 e. The molecule has 0 saturated carbocycles. The van der Waals surface area contributed by atoms with Gasteiger partial charge in [-0.15, -0.1) is 0 Å². The third-order valence-corrected chi connectivity index (χ3v) is 5.58. The predicted octanol–water partition coefficient (Wildman–Crippen LogP) is 1.26. The van der Waals surface area contributed by atoms with E-state index in [0.717, 1.165) is 49.3 Å². The first kappa shape index (κ1) is 18.8. The Morgan fingerprint density at radius 3 is 2.79 bits per heavy atom. The Hall–Kier alpha value is -2.55. The summed E-state index contributed by atoms with van der Waals surface area (Å²) in [5, 5.41) is 14.9. The molecule has 152 valence electrons. The first-order valence-electron chi connectivity index (χ1n) is 9.92. The van der Waals surface area contributed by atoms with E-state index in [0.29, 0.717) is 6.61 Å². The van der Waals surface area contributed by atoms with Crippen molar-refractivity contribution in [1.82, 2.24) is 30.2 Å². The largest absolute Gasteiger partial charge is 0.371 e. The average Bonchev–Trinajstić information content (AvgIpc) is 3.35. The number of nitrogens with one attached hydrogen (secondary N) is 2. The highest BCUT2D eigenvalue weighted by atomic mass is 16.5. The Kier molecular flexibility index (Phi) is 5.25. The number of anilines is 1. The molecule has 0 aliphatic carbocycles. The van der Waals surface area contributed by atoms with Gasteiger partial charge in [-0.25, -0.2) is 4.79 Å². The average molecular weight is 387 g/mol. The van der Waals surface area contributed by atoms with E-state index >= 15 is 0 Å². The lowest BCUT2D eigenvalue weighted by Gasteiger charge is -2.34. The van der Waals surface area contributed by atoms with Crippen LogP contribution in [0.2, 0.25) is 0 Å². The number of hydrogen-bond acceptors (Lipinski definition) is 5. The highest BCUT2D eigenvalue weighted by molar-refractivity contribution is 5.75. The van der Waals surface area contributed by atoms with Gasteiger partial charge in [0.1, 0.15) is 6.10 Å². The number of carbonyl (C=O) groups is 1. The van der Waals surface area contributed by atoms with Crippen molar-refractivity contribution in [3.8, 4) is 0 Å². The summed E-state index contributed by atoms with van der Waals surface area (Å²) in [4.78, 5) is 14.9. The van der Waals surface area contributed by atoms with Crippen molar-refractivity contribution in [2.24, 2.45) is 14.1 Å². The van der Waals surface area contributed by atoms with Crippen LogP contribution >= 0.6 is 0 Å². The molecule has 0 spiro atoms. The van der Waals surface area contributed by atoms with Gasteiger partial charge in [0.2, 0.25) is 0 Å². The molecular weight excluding hydrogens is 358 g/mol. The Morgan fingerprint density at radius 2 is 2.07 bits per heavy atom. The summed E-state index contributed by atoms with van der Waals surface area (Å²) in [6.07, 6.45) is 8.56. The molecular formula is C19H29N7O2. The normalized spacial score (nSPS) is 25.1.